The lowest BCUT2D eigenvalue weighted by atomic mass is 10.1. The molecule has 0 bridgehead atoms. The molecule has 0 aromatic heterocycles. The first kappa shape index (κ1) is 22.3. The van der Waals surface area contributed by atoms with Crippen molar-refractivity contribution in [3.63, 3.8) is 0 Å². The molecule has 0 saturated carbocycles. The summed E-state index contributed by atoms with van der Waals surface area (Å²) in [5, 5.41) is 2.43. The average Bonchev–Trinajstić information content (AvgIpc) is 2.66. The largest absolute Gasteiger partial charge is 0.573 e. The van der Waals surface area contributed by atoms with E-state index < -0.39 is 28.2 Å². The summed E-state index contributed by atoms with van der Waals surface area (Å²) in [5.74, 6) is -1.22. The van der Waals surface area contributed by atoms with Gasteiger partial charge in [0.1, 0.15) is 5.75 Å². The van der Waals surface area contributed by atoms with E-state index in [1.165, 1.54) is 25.3 Å². The number of benzene rings is 2. The number of hydrogen-bond donors (Lipinski definition) is 1. The van der Waals surface area contributed by atoms with Crippen LogP contribution in [0.5, 0.6) is 5.75 Å². The maximum absolute atomic E-state index is 12.7. The smallest absolute Gasteiger partial charge is 0.406 e. The highest BCUT2D eigenvalue weighted by Gasteiger charge is 2.31. The van der Waals surface area contributed by atoms with Crippen molar-refractivity contribution < 1.29 is 31.1 Å². The van der Waals surface area contributed by atoms with Gasteiger partial charge in [0.25, 0.3) is 5.91 Å². The molecule has 31 heavy (non-hydrogen) atoms. The van der Waals surface area contributed by atoms with Crippen LogP contribution in [0.2, 0.25) is 0 Å². The number of anilines is 1. The number of nitrogens with zero attached hydrogens (tertiary/aromatic N) is 2. The number of halogens is 3. The third-order valence-electron chi connectivity index (χ3n) is 4.25. The highest BCUT2D eigenvalue weighted by atomic mass is 32.2. The van der Waals surface area contributed by atoms with E-state index in [-0.39, 0.29) is 23.5 Å². The molecule has 0 spiro atoms. The van der Waals surface area contributed by atoms with Crippen molar-refractivity contribution in [2.24, 2.45) is 4.40 Å². The topological polar surface area (TPSA) is 88.1 Å². The second-order valence-corrected chi connectivity index (χ2v) is 8.12. The van der Waals surface area contributed by atoms with E-state index in [1.54, 1.807) is 0 Å². The Hall–Kier alpha value is -3.34. The van der Waals surface area contributed by atoms with E-state index >= 15 is 0 Å². The maximum atomic E-state index is 12.7. The minimum Gasteiger partial charge on any atom is -0.406 e. The monoisotopic (exact) mass is 453 g/mol. The van der Waals surface area contributed by atoms with Crippen LogP contribution in [0.25, 0.3) is 0 Å². The maximum Gasteiger partial charge on any atom is 0.573 e. The van der Waals surface area contributed by atoms with Crippen molar-refractivity contribution in [3.05, 3.63) is 71.9 Å². The van der Waals surface area contributed by atoms with Gasteiger partial charge in [0.05, 0.1) is 11.3 Å². The van der Waals surface area contributed by atoms with Crippen molar-refractivity contribution in [1.82, 2.24) is 4.31 Å². The van der Waals surface area contributed by atoms with Gasteiger partial charge in [-0.1, -0.05) is 36.4 Å². The highest BCUT2D eigenvalue weighted by molar-refractivity contribution is 7.88. The molecule has 1 amide bonds. The number of nitrogens with one attached hydrogen (secondary N) is 1. The van der Waals surface area contributed by atoms with Crippen molar-refractivity contribution in [2.75, 3.05) is 11.9 Å². The molecular weight excluding hydrogens is 435 g/mol. The quantitative estimate of drug-likeness (QED) is 0.723. The van der Waals surface area contributed by atoms with Gasteiger partial charge in [-0.25, -0.2) is 0 Å². The summed E-state index contributed by atoms with van der Waals surface area (Å²) in [4.78, 5) is 12.7. The van der Waals surface area contributed by atoms with E-state index in [4.69, 9.17) is 0 Å². The van der Waals surface area contributed by atoms with Crippen molar-refractivity contribution in [2.45, 2.75) is 19.7 Å². The molecular formula is C20H18F3N3O4S. The number of ether oxygens (including phenoxy) is 1. The van der Waals surface area contributed by atoms with Crippen LogP contribution in [-0.4, -0.2) is 37.2 Å². The van der Waals surface area contributed by atoms with Crippen molar-refractivity contribution in [1.29, 1.82) is 0 Å². The van der Waals surface area contributed by atoms with Crippen LogP contribution in [-0.2, 0) is 21.4 Å². The lowest BCUT2D eigenvalue weighted by molar-refractivity contribution is -0.274. The molecule has 164 valence electrons. The number of hydrogen-bond acceptors (Lipinski definition) is 4. The first-order valence-corrected chi connectivity index (χ1v) is 10.4. The molecule has 0 fully saturated rings. The van der Waals surface area contributed by atoms with Gasteiger partial charge in [-0.3, -0.25) is 9.10 Å². The van der Waals surface area contributed by atoms with E-state index in [9.17, 15) is 26.4 Å². The molecule has 2 aromatic carbocycles. The molecule has 11 heteroatoms. The van der Waals surface area contributed by atoms with Crippen LogP contribution in [0.15, 0.2) is 70.8 Å². The van der Waals surface area contributed by atoms with E-state index in [1.807, 2.05) is 30.3 Å². The normalized spacial score (nSPS) is 15.7. The van der Waals surface area contributed by atoms with Gasteiger partial charge in [-0.2, -0.15) is 8.42 Å². The summed E-state index contributed by atoms with van der Waals surface area (Å²) >= 11 is 0. The Morgan fingerprint density at radius 2 is 1.84 bits per heavy atom. The standard InChI is InChI=1S/C20H18F3N3O4S/c1-14-18(19(27)24-16-8-5-9-17(12-16)30-20(21,22)23)13-26(31(28,29)25-14)11-10-15-6-3-2-4-7-15/h2-9,12-13H,10-11H2,1H3,(H,24,27). The highest BCUT2D eigenvalue weighted by Crippen LogP contribution is 2.26. The summed E-state index contributed by atoms with van der Waals surface area (Å²) in [5.41, 5.74) is 0.899. The summed E-state index contributed by atoms with van der Waals surface area (Å²) < 4.78 is 70.3. The van der Waals surface area contributed by atoms with Crippen LogP contribution < -0.4 is 10.1 Å². The predicted octanol–water partition coefficient (Wildman–Crippen LogP) is 3.67. The number of rotatable bonds is 6. The Morgan fingerprint density at radius 3 is 2.52 bits per heavy atom. The number of alkyl halides is 3. The molecule has 1 aliphatic rings. The summed E-state index contributed by atoms with van der Waals surface area (Å²) in [7, 11) is -3.99. The van der Waals surface area contributed by atoms with E-state index in [0.29, 0.717) is 6.42 Å². The molecule has 7 nitrogen and oxygen atoms in total. The fourth-order valence-electron chi connectivity index (χ4n) is 2.83. The van der Waals surface area contributed by atoms with E-state index in [0.717, 1.165) is 22.0 Å². The number of carbonyl (C=O) groups is 1. The fraction of sp³-hybridized carbons (Fsp3) is 0.200. The minimum atomic E-state index is -4.87. The van der Waals surface area contributed by atoms with Crippen molar-refractivity contribution >= 4 is 27.5 Å². The zero-order valence-electron chi connectivity index (χ0n) is 16.3. The lowest BCUT2D eigenvalue weighted by Crippen LogP contribution is -2.34. The van der Waals surface area contributed by atoms with Gasteiger partial charge < -0.3 is 10.1 Å². The number of amides is 1. The molecule has 2 aromatic rings. The molecule has 0 saturated heterocycles. The lowest BCUT2D eigenvalue weighted by Gasteiger charge is -2.23. The predicted molar refractivity (Wildman–Crippen MR) is 109 cm³/mol. The van der Waals surface area contributed by atoms with Crippen LogP contribution in [0.3, 0.4) is 0 Å². The second-order valence-electron chi connectivity index (χ2n) is 6.57. The SMILES string of the molecule is CC1=NS(=O)(=O)N(CCc2ccccc2)C=C1C(=O)Nc1cccc(OC(F)(F)F)c1. The molecule has 0 aliphatic carbocycles. The van der Waals surface area contributed by atoms with Gasteiger partial charge in [-0.05, 0) is 31.0 Å². The van der Waals surface area contributed by atoms with E-state index in [2.05, 4.69) is 14.5 Å². The Kier molecular flexibility index (Phi) is 6.34. The third-order valence-corrected chi connectivity index (χ3v) is 5.63. The number of carbonyl (C=O) groups excluding carboxylic acids is 1. The molecule has 0 atom stereocenters. The molecule has 1 heterocycles. The van der Waals surface area contributed by atoms with Gasteiger partial charge in [0, 0.05) is 24.5 Å². The molecule has 0 radical (unpaired) electrons. The Labute approximate surface area is 177 Å². The molecule has 3 rings (SSSR count). The summed E-state index contributed by atoms with van der Waals surface area (Å²) in [6.07, 6.45) is -3.30. The van der Waals surface area contributed by atoms with Gasteiger partial charge in [0.2, 0.25) is 0 Å². The first-order valence-electron chi connectivity index (χ1n) is 9.05. The van der Waals surface area contributed by atoms with Crippen LogP contribution in [0, 0.1) is 0 Å². The van der Waals surface area contributed by atoms with Crippen LogP contribution in [0.1, 0.15) is 12.5 Å². The molecule has 0 unspecified atom stereocenters. The third kappa shape index (κ3) is 6.07. The first-order chi connectivity index (χ1) is 14.5. The molecule has 1 aliphatic heterocycles. The average molecular weight is 453 g/mol. The minimum absolute atomic E-state index is 0.0231. The zero-order valence-corrected chi connectivity index (χ0v) is 17.1. The van der Waals surface area contributed by atoms with Gasteiger partial charge >= 0.3 is 16.6 Å². The zero-order chi connectivity index (χ0) is 22.6. The summed E-state index contributed by atoms with van der Waals surface area (Å²) in [6.45, 7) is 1.43. The Balaban J connectivity index is 1.77. The molecule has 1 N–H and O–H groups in total. The fourth-order valence-corrected chi connectivity index (χ4v) is 3.94. The van der Waals surface area contributed by atoms with Gasteiger partial charge in [0.15, 0.2) is 0 Å². The summed E-state index contributed by atoms with van der Waals surface area (Å²) in [6, 6.07) is 13.9. The Bertz CT molecular complexity index is 1130. The Morgan fingerprint density at radius 1 is 1.13 bits per heavy atom. The van der Waals surface area contributed by atoms with Crippen molar-refractivity contribution in [3.8, 4) is 5.75 Å². The van der Waals surface area contributed by atoms with Crippen LogP contribution >= 0.6 is 0 Å². The van der Waals surface area contributed by atoms with Crippen LogP contribution in [0.4, 0.5) is 18.9 Å². The second kappa shape index (κ2) is 8.80. The van der Waals surface area contributed by atoms with Gasteiger partial charge in [-0.15, -0.1) is 17.6 Å².